The molecule has 1 aromatic carbocycles. The van der Waals surface area contributed by atoms with Gasteiger partial charge in [0.25, 0.3) is 0 Å². The number of carboxylic acid groups (broad SMARTS) is 1. The van der Waals surface area contributed by atoms with E-state index in [1.807, 2.05) is 18.2 Å². The predicted molar refractivity (Wildman–Crippen MR) is 96.6 cm³/mol. The Morgan fingerprint density at radius 1 is 1.42 bits per heavy atom. The lowest BCUT2D eigenvalue weighted by atomic mass is 9.82. The fourth-order valence-corrected chi connectivity index (χ4v) is 4.54. The van der Waals surface area contributed by atoms with E-state index in [1.165, 1.54) is 10.6 Å². The monoisotopic (exact) mass is 381 g/mol. The number of piperidine rings is 1. The van der Waals surface area contributed by atoms with Crippen molar-refractivity contribution in [2.75, 3.05) is 26.5 Å². The molecule has 0 unspecified atom stereocenters. The zero-order valence-corrected chi connectivity index (χ0v) is 15.6. The van der Waals surface area contributed by atoms with E-state index in [2.05, 4.69) is 9.97 Å². The number of sulfonamides is 1. The van der Waals surface area contributed by atoms with Gasteiger partial charge in [0.1, 0.15) is 17.1 Å². The van der Waals surface area contributed by atoms with Gasteiger partial charge >= 0.3 is 5.97 Å². The zero-order valence-electron chi connectivity index (χ0n) is 14.8. The van der Waals surface area contributed by atoms with Crippen LogP contribution < -0.4 is 4.74 Å². The van der Waals surface area contributed by atoms with Crippen molar-refractivity contribution in [3.8, 4) is 5.75 Å². The summed E-state index contributed by atoms with van der Waals surface area (Å²) in [6, 6.07) is 5.58. The second kappa shape index (κ2) is 7.24. The van der Waals surface area contributed by atoms with E-state index < -0.39 is 16.0 Å². The maximum absolute atomic E-state index is 11.9. The van der Waals surface area contributed by atoms with E-state index >= 15 is 0 Å². The lowest BCUT2D eigenvalue weighted by molar-refractivity contribution is -0.138. The molecule has 2 atom stereocenters. The number of ether oxygens (including phenoxy) is 1. The smallest absolute Gasteiger partial charge is 0.303 e. The van der Waals surface area contributed by atoms with Gasteiger partial charge in [0, 0.05) is 25.9 Å². The van der Waals surface area contributed by atoms with Crippen LogP contribution in [0.3, 0.4) is 0 Å². The van der Waals surface area contributed by atoms with Crippen LogP contribution in [0.5, 0.6) is 5.75 Å². The second-order valence-corrected chi connectivity index (χ2v) is 8.75. The standard InChI is InChI=1S/C17H23N3O5S/c1-25-14-5-3-4-13-17(14)19-15(18-13)8-12-10-20(26(2,23)24)7-6-11(12)9-16(21)22/h3-5,11-12H,6-10H2,1-2H3,(H,18,19)(H,21,22)/t11-,12-/m0/s1. The van der Waals surface area contributed by atoms with Crippen molar-refractivity contribution in [3.63, 3.8) is 0 Å². The van der Waals surface area contributed by atoms with Gasteiger partial charge in [-0.3, -0.25) is 4.79 Å². The van der Waals surface area contributed by atoms with Crippen LogP contribution in [0.15, 0.2) is 18.2 Å². The van der Waals surface area contributed by atoms with Crippen LogP contribution in [0.4, 0.5) is 0 Å². The van der Waals surface area contributed by atoms with Crippen molar-refractivity contribution in [3.05, 3.63) is 24.0 Å². The average molecular weight is 381 g/mol. The van der Waals surface area contributed by atoms with Crippen LogP contribution in [0.25, 0.3) is 11.0 Å². The third-order valence-corrected chi connectivity index (χ3v) is 6.23. The topological polar surface area (TPSA) is 113 Å². The molecule has 1 aliphatic rings. The highest BCUT2D eigenvalue weighted by Gasteiger charge is 2.34. The molecule has 0 aliphatic carbocycles. The second-order valence-electron chi connectivity index (χ2n) is 6.77. The normalized spacial score (nSPS) is 21.8. The van der Waals surface area contributed by atoms with Gasteiger partial charge < -0.3 is 14.8 Å². The van der Waals surface area contributed by atoms with E-state index in [0.29, 0.717) is 37.5 Å². The number of rotatable bonds is 6. The number of methoxy groups -OCH3 is 1. The van der Waals surface area contributed by atoms with Crippen molar-refractivity contribution >= 4 is 27.0 Å². The number of benzene rings is 1. The molecule has 142 valence electrons. The fraction of sp³-hybridized carbons (Fsp3) is 0.529. The summed E-state index contributed by atoms with van der Waals surface area (Å²) in [6.45, 7) is 0.673. The molecular formula is C17H23N3O5S. The molecule has 0 saturated carbocycles. The number of nitrogens with zero attached hydrogens (tertiary/aromatic N) is 2. The Bertz CT molecular complexity index is 908. The summed E-state index contributed by atoms with van der Waals surface area (Å²) in [6.07, 6.45) is 2.24. The molecule has 26 heavy (non-hydrogen) atoms. The van der Waals surface area contributed by atoms with Crippen molar-refractivity contribution in [2.45, 2.75) is 19.3 Å². The highest BCUT2D eigenvalue weighted by Crippen LogP contribution is 2.31. The van der Waals surface area contributed by atoms with Gasteiger partial charge in [-0.25, -0.2) is 17.7 Å². The fourth-order valence-electron chi connectivity index (χ4n) is 3.64. The summed E-state index contributed by atoms with van der Waals surface area (Å²) in [7, 11) is -1.72. The Morgan fingerprint density at radius 2 is 2.19 bits per heavy atom. The first kappa shape index (κ1) is 18.7. The largest absolute Gasteiger partial charge is 0.494 e. The molecule has 2 aromatic rings. The first-order valence-electron chi connectivity index (χ1n) is 8.46. The van der Waals surface area contributed by atoms with Gasteiger partial charge in [-0.2, -0.15) is 0 Å². The summed E-state index contributed by atoms with van der Waals surface area (Å²) < 4.78 is 30.6. The number of aromatic nitrogens is 2. The van der Waals surface area contributed by atoms with E-state index in [9.17, 15) is 18.3 Å². The van der Waals surface area contributed by atoms with Crippen molar-refractivity contribution in [1.29, 1.82) is 0 Å². The Labute approximate surface area is 152 Å². The summed E-state index contributed by atoms with van der Waals surface area (Å²) in [5.74, 6) is 0.314. The number of imidazole rings is 1. The van der Waals surface area contributed by atoms with Gasteiger partial charge in [0.15, 0.2) is 0 Å². The Balaban J connectivity index is 1.86. The molecule has 2 heterocycles. The minimum Gasteiger partial charge on any atom is -0.494 e. The van der Waals surface area contributed by atoms with Gasteiger partial charge in [-0.15, -0.1) is 0 Å². The molecule has 1 aliphatic heterocycles. The van der Waals surface area contributed by atoms with Gasteiger partial charge in [-0.05, 0) is 30.4 Å². The molecular weight excluding hydrogens is 358 g/mol. The molecule has 8 nitrogen and oxygen atoms in total. The maximum atomic E-state index is 11.9. The van der Waals surface area contributed by atoms with Crippen LogP contribution in [-0.2, 0) is 21.2 Å². The van der Waals surface area contributed by atoms with Crippen LogP contribution in [-0.4, -0.2) is 60.2 Å². The summed E-state index contributed by atoms with van der Waals surface area (Å²) in [5, 5.41) is 9.19. The Hall–Kier alpha value is -2.13. The molecule has 0 radical (unpaired) electrons. The van der Waals surface area contributed by atoms with Gasteiger partial charge in [0.05, 0.1) is 18.9 Å². The third kappa shape index (κ3) is 3.99. The van der Waals surface area contributed by atoms with Gasteiger partial charge in [0.2, 0.25) is 10.0 Å². The molecule has 0 spiro atoms. The number of hydrogen-bond acceptors (Lipinski definition) is 5. The zero-order chi connectivity index (χ0) is 18.9. The molecule has 0 bridgehead atoms. The van der Waals surface area contributed by atoms with E-state index in [0.717, 1.165) is 11.0 Å². The van der Waals surface area contributed by atoms with Crippen LogP contribution in [0.2, 0.25) is 0 Å². The van der Waals surface area contributed by atoms with Crippen molar-refractivity contribution < 1.29 is 23.1 Å². The first-order valence-corrected chi connectivity index (χ1v) is 10.3. The average Bonchev–Trinajstić information content (AvgIpc) is 2.97. The van der Waals surface area contributed by atoms with Gasteiger partial charge in [-0.1, -0.05) is 6.07 Å². The number of carboxylic acids is 1. The lowest BCUT2D eigenvalue weighted by Crippen LogP contribution is -2.44. The van der Waals surface area contributed by atoms with Crippen LogP contribution in [0, 0.1) is 11.8 Å². The number of aromatic amines is 1. The maximum Gasteiger partial charge on any atom is 0.303 e. The number of para-hydroxylation sites is 1. The molecule has 0 amide bonds. The van der Waals surface area contributed by atoms with Crippen LogP contribution >= 0.6 is 0 Å². The van der Waals surface area contributed by atoms with Crippen LogP contribution in [0.1, 0.15) is 18.7 Å². The minimum absolute atomic E-state index is 0.0335. The third-order valence-electron chi connectivity index (χ3n) is 4.96. The summed E-state index contributed by atoms with van der Waals surface area (Å²) in [4.78, 5) is 19.0. The molecule has 3 rings (SSSR count). The number of H-pyrrole nitrogens is 1. The highest BCUT2D eigenvalue weighted by molar-refractivity contribution is 7.88. The molecule has 1 aromatic heterocycles. The quantitative estimate of drug-likeness (QED) is 0.784. The van der Waals surface area contributed by atoms with Crippen molar-refractivity contribution in [1.82, 2.24) is 14.3 Å². The Kier molecular flexibility index (Phi) is 5.19. The molecule has 9 heteroatoms. The first-order chi connectivity index (χ1) is 12.3. The predicted octanol–water partition coefficient (Wildman–Crippen LogP) is 1.49. The van der Waals surface area contributed by atoms with E-state index in [4.69, 9.17) is 4.74 Å². The van der Waals surface area contributed by atoms with E-state index in [1.54, 1.807) is 7.11 Å². The highest BCUT2D eigenvalue weighted by atomic mass is 32.2. The Morgan fingerprint density at radius 3 is 2.85 bits per heavy atom. The van der Waals surface area contributed by atoms with E-state index in [-0.39, 0.29) is 18.3 Å². The van der Waals surface area contributed by atoms with Crippen molar-refractivity contribution in [2.24, 2.45) is 11.8 Å². The number of carbonyl (C=O) groups is 1. The summed E-state index contributed by atoms with van der Waals surface area (Å²) in [5.41, 5.74) is 1.56. The SMILES string of the molecule is COc1cccc2[nH]c(C[C@H]3CN(S(C)(=O)=O)CC[C@H]3CC(=O)O)nc12. The number of fused-ring (bicyclic) bond motifs is 1. The lowest BCUT2D eigenvalue weighted by Gasteiger charge is -2.36. The number of aliphatic carboxylic acids is 1. The summed E-state index contributed by atoms with van der Waals surface area (Å²) >= 11 is 0. The number of hydrogen-bond donors (Lipinski definition) is 2. The molecule has 1 saturated heterocycles. The molecule has 1 fully saturated rings. The molecule has 2 N–H and O–H groups in total. The number of nitrogens with one attached hydrogen (secondary N) is 1. The minimum atomic E-state index is -3.30.